The lowest BCUT2D eigenvalue weighted by atomic mass is 10.2. The summed E-state index contributed by atoms with van der Waals surface area (Å²) in [5, 5.41) is 15.0. The number of thioether (sulfide) groups is 1. The molecule has 5 nitrogen and oxygen atoms in total. The Hall–Kier alpha value is -1.28. The lowest BCUT2D eigenvalue weighted by molar-refractivity contribution is -0.141. The number of aromatic nitrogens is 1. The molecule has 0 saturated heterocycles. The number of amides is 1. The molecule has 0 saturated carbocycles. The number of benzene rings is 1. The molecule has 1 amide bonds. The molecule has 0 fully saturated rings. The summed E-state index contributed by atoms with van der Waals surface area (Å²) in [5.74, 6) is -0.761. The Morgan fingerprint density at radius 2 is 2.04 bits per heavy atom. The van der Waals surface area contributed by atoms with Gasteiger partial charge in [-0.15, -0.1) is 11.3 Å². The van der Waals surface area contributed by atoms with E-state index in [1.54, 1.807) is 23.6 Å². The van der Waals surface area contributed by atoms with Crippen LogP contribution >= 0.6 is 46.3 Å². The number of thiazole rings is 1. The van der Waals surface area contributed by atoms with E-state index in [1.807, 2.05) is 6.26 Å². The zero-order chi connectivity index (χ0) is 18.4. The average molecular weight is 419 g/mol. The van der Waals surface area contributed by atoms with Crippen LogP contribution in [0.15, 0.2) is 23.6 Å². The van der Waals surface area contributed by atoms with Crippen LogP contribution in [0.5, 0.6) is 0 Å². The van der Waals surface area contributed by atoms with Crippen molar-refractivity contribution in [3.8, 4) is 10.6 Å². The third-order valence-electron chi connectivity index (χ3n) is 3.31. The van der Waals surface area contributed by atoms with E-state index >= 15 is 0 Å². The highest BCUT2D eigenvalue weighted by Crippen LogP contribution is 2.36. The number of hydrogen-bond donors (Lipinski definition) is 2. The maximum atomic E-state index is 12.1. The Morgan fingerprint density at radius 1 is 1.36 bits per heavy atom. The van der Waals surface area contributed by atoms with Crippen LogP contribution < -0.4 is 5.32 Å². The molecule has 9 heteroatoms. The molecule has 1 aromatic carbocycles. The third-order valence-corrected chi connectivity index (χ3v) is 5.50. The van der Waals surface area contributed by atoms with Crippen molar-refractivity contribution in [2.75, 3.05) is 12.0 Å². The molecule has 0 unspecified atom stereocenters. The summed E-state index contributed by atoms with van der Waals surface area (Å²) in [7, 11) is 0. The number of carboxylic acids is 1. The molecule has 2 N–H and O–H groups in total. The highest BCUT2D eigenvalue weighted by Gasteiger charge is 2.20. The second kappa shape index (κ2) is 9.43. The molecular formula is C16H16Cl2N2O3S2. The van der Waals surface area contributed by atoms with Gasteiger partial charge >= 0.3 is 5.97 Å². The summed E-state index contributed by atoms with van der Waals surface area (Å²) in [6.07, 6.45) is 2.26. The van der Waals surface area contributed by atoms with E-state index in [-0.39, 0.29) is 12.3 Å². The van der Waals surface area contributed by atoms with Gasteiger partial charge in [-0.25, -0.2) is 9.78 Å². The Morgan fingerprint density at radius 3 is 2.64 bits per heavy atom. The predicted molar refractivity (Wildman–Crippen MR) is 104 cm³/mol. The topological polar surface area (TPSA) is 79.3 Å². The number of carbonyl (C=O) groups excluding carboxylic acids is 1. The molecule has 2 aromatic rings. The second-order valence-electron chi connectivity index (χ2n) is 5.16. The van der Waals surface area contributed by atoms with Crippen molar-refractivity contribution in [1.29, 1.82) is 0 Å². The Labute approximate surface area is 163 Å². The molecule has 0 bridgehead atoms. The van der Waals surface area contributed by atoms with Crippen molar-refractivity contribution in [2.24, 2.45) is 0 Å². The van der Waals surface area contributed by atoms with Crippen LogP contribution in [0.3, 0.4) is 0 Å². The number of nitrogens with one attached hydrogen (secondary N) is 1. The van der Waals surface area contributed by atoms with E-state index in [0.29, 0.717) is 38.5 Å². The van der Waals surface area contributed by atoms with E-state index in [1.165, 1.54) is 23.1 Å². The summed E-state index contributed by atoms with van der Waals surface area (Å²) in [5.41, 5.74) is 1.17. The van der Waals surface area contributed by atoms with Crippen LogP contribution in [0, 0.1) is 0 Å². The SMILES string of the molecule is CSCC[C@@H](NC(=O)Cc1csc(-c2c(Cl)cccc2Cl)n1)C(=O)O. The third kappa shape index (κ3) is 5.60. The largest absolute Gasteiger partial charge is 0.480 e. The van der Waals surface area contributed by atoms with Gasteiger partial charge in [-0.05, 0) is 30.6 Å². The smallest absolute Gasteiger partial charge is 0.326 e. The fourth-order valence-corrected chi connectivity index (χ4v) is 4.16. The number of carbonyl (C=O) groups is 2. The average Bonchev–Trinajstić information content (AvgIpc) is 2.99. The maximum Gasteiger partial charge on any atom is 0.326 e. The van der Waals surface area contributed by atoms with Gasteiger partial charge in [0.2, 0.25) is 5.91 Å². The number of aliphatic carboxylic acids is 1. The van der Waals surface area contributed by atoms with Crippen molar-refractivity contribution in [3.63, 3.8) is 0 Å². The van der Waals surface area contributed by atoms with Gasteiger partial charge in [0.1, 0.15) is 11.0 Å². The monoisotopic (exact) mass is 418 g/mol. The molecule has 1 aromatic heterocycles. The highest BCUT2D eigenvalue weighted by molar-refractivity contribution is 7.98. The number of hydrogen-bond acceptors (Lipinski definition) is 5. The van der Waals surface area contributed by atoms with Crippen molar-refractivity contribution >= 4 is 58.2 Å². The maximum absolute atomic E-state index is 12.1. The first-order valence-electron chi connectivity index (χ1n) is 7.32. The molecule has 1 atom stereocenters. The van der Waals surface area contributed by atoms with Crippen molar-refractivity contribution in [3.05, 3.63) is 39.3 Å². The van der Waals surface area contributed by atoms with E-state index in [9.17, 15) is 9.59 Å². The van der Waals surface area contributed by atoms with Gasteiger partial charge in [0.05, 0.1) is 22.2 Å². The first-order chi connectivity index (χ1) is 11.9. The summed E-state index contributed by atoms with van der Waals surface area (Å²) < 4.78 is 0. The van der Waals surface area contributed by atoms with Crippen LogP contribution in [-0.2, 0) is 16.0 Å². The zero-order valence-electron chi connectivity index (χ0n) is 13.3. The van der Waals surface area contributed by atoms with Gasteiger partial charge in [-0.3, -0.25) is 4.79 Å². The van der Waals surface area contributed by atoms with E-state index in [0.717, 1.165) is 0 Å². The summed E-state index contributed by atoms with van der Waals surface area (Å²) in [6.45, 7) is 0. The first-order valence-corrected chi connectivity index (χ1v) is 10.3. The van der Waals surface area contributed by atoms with Crippen molar-refractivity contribution in [1.82, 2.24) is 10.3 Å². The fourth-order valence-electron chi connectivity index (χ4n) is 2.11. The zero-order valence-corrected chi connectivity index (χ0v) is 16.4. The predicted octanol–water partition coefficient (Wildman–Crippen LogP) is 3.98. The van der Waals surface area contributed by atoms with E-state index in [2.05, 4.69) is 10.3 Å². The van der Waals surface area contributed by atoms with Crippen LogP contribution in [0.25, 0.3) is 10.6 Å². The minimum atomic E-state index is -1.04. The summed E-state index contributed by atoms with van der Waals surface area (Å²) >= 11 is 15.2. The van der Waals surface area contributed by atoms with Crippen LogP contribution in [0.2, 0.25) is 10.0 Å². The van der Waals surface area contributed by atoms with E-state index in [4.69, 9.17) is 28.3 Å². The molecule has 0 spiro atoms. The molecular weight excluding hydrogens is 403 g/mol. The van der Waals surface area contributed by atoms with Gasteiger partial charge in [-0.1, -0.05) is 29.3 Å². The fraction of sp³-hybridized carbons (Fsp3) is 0.312. The van der Waals surface area contributed by atoms with Gasteiger partial charge in [-0.2, -0.15) is 11.8 Å². The summed E-state index contributed by atoms with van der Waals surface area (Å²) in [6, 6.07) is 4.30. The minimum Gasteiger partial charge on any atom is -0.480 e. The molecule has 25 heavy (non-hydrogen) atoms. The van der Waals surface area contributed by atoms with Gasteiger partial charge in [0, 0.05) is 10.9 Å². The number of carboxylic acid groups (broad SMARTS) is 1. The summed E-state index contributed by atoms with van der Waals surface area (Å²) in [4.78, 5) is 27.7. The molecule has 134 valence electrons. The molecule has 0 aliphatic carbocycles. The lowest BCUT2D eigenvalue weighted by Crippen LogP contribution is -2.41. The van der Waals surface area contributed by atoms with Gasteiger partial charge in [0.25, 0.3) is 0 Å². The number of nitrogens with zero attached hydrogens (tertiary/aromatic N) is 1. The van der Waals surface area contributed by atoms with Crippen molar-refractivity contribution < 1.29 is 14.7 Å². The van der Waals surface area contributed by atoms with Crippen LogP contribution in [0.1, 0.15) is 12.1 Å². The molecule has 0 radical (unpaired) electrons. The lowest BCUT2D eigenvalue weighted by Gasteiger charge is -2.13. The molecule has 1 heterocycles. The highest BCUT2D eigenvalue weighted by atomic mass is 35.5. The first kappa shape index (κ1) is 20.0. The van der Waals surface area contributed by atoms with Gasteiger partial charge < -0.3 is 10.4 Å². The number of rotatable bonds is 8. The minimum absolute atomic E-state index is 0.00161. The molecule has 2 rings (SSSR count). The number of halogens is 2. The standard InChI is InChI=1S/C16H16Cl2N2O3S2/c1-24-6-5-12(16(22)23)20-13(21)7-9-8-25-15(19-9)14-10(17)3-2-4-11(14)18/h2-4,8,12H,5-7H2,1H3,(H,20,21)(H,22,23)/t12-/m1/s1. The Balaban J connectivity index is 2.05. The van der Waals surface area contributed by atoms with Gasteiger partial charge in [0.15, 0.2) is 0 Å². The second-order valence-corrected chi connectivity index (χ2v) is 7.82. The quantitative estimate of drug-likeness (QED) is 0.677. The Bertz CT molecular complexity index is 747. The molecule has 0 aliphatic rings. The normalized spacial score (nSPS) is 12.0. The van der Waals surface area contributed by atoms with Crippen molar-refractivity contribution in [2.45, 2.75) is 18.9 Å². The Kier molecular flexibility index (Phi) is 7.56. The molecule has 0 aliphatic heterocycles. The van der Waals surface area contributed by atoms with Crippen LogP contribution in [-0.4, -0.2) is 40.0 Å². The van der Waals surface area contributed by atoms with Crippen LogP contribution in [0.4, 0.5) is 0 Å². The van der Waals surface area contributed by atoms with E-state index < -0.39 is 12.0 Å².